The van der Waals surface area contributed by atoms with Crippen LogP contribution in [-0.2, 0) is 13.5 Å². The molecule has 0 radical (unpaired) electrons. The van der Waals surface area contributed by atoms with E-state index in [1.807, 2.05) is 18.5 Å². The summed E-state index contributed by atoms with van der Waals surface area (Å²) in [5, 5.41) is 0. The van der Waals surface area contributed by atoms with Gasteiger partial charge in [0.2, 0.25) is 0 Å². The lowest BCUT2D eigenvalue weighted by molar-refractivity contribution is 0.509. The van der Waals surface area contributed by atoms with E-state index in [-0.39, 0.29) is 0 Å². The number of nitrogens with zero attached hydrogens (tertiary/aromatic N) is 2. The van der Waals surface area contributed by atoms with Crippen molar-refractivity contribution < 1.29 is 8.78 Å². The molecule has 0 atom stereocenters. The van der Waals surface area contributed by atoms with E-state index in [1.165, 1.54) is 6.07 Å². The summed E-state index contributed by atoms with van der Waals surface area (Å²) in [6, 6.07) is 3.80. The summed E-state index contributed by atoms with van der Waals surface area (Å²) >= 11 is 0. The van der Waals surface area contributed by atoms with Crippen LogP contribution in [0.2, 0.25) is 0 Å². The van der Waals surface area contributed by atoms with Gasteiger partial charge < -0.3 is 10.3 Å². The Kier molecular flexibility index (Phi) is 3.43. The van der Waals surface area contributed by atoms with Crippen LogP contribution >= 0.6 is 0 Å². The molecular weight excluding hydrogens is 236 g/mol. The third-order valence-corrected chi connectivity index (χ3v) is 3.01. The second kappa shape index (κ2) is 4.86. The standard InChI is InChI=1S/C13H15F2N3/c1-8-17-13(12(5-6-16)18(8)2)9-3-4-10(14)11(15)7-9/h3-4,7H,5-6,16H2,1-2H3. The van der Waals surface area contributed by atoms with Crippen molar-refractivity contribution in [2.75, 3.05) is 6.54 Å². The summed E-state index contributed by atoms with van der Waals surface area (Å²) in [5.41, 5.74) is 7.73. The number of hydrogen-bond acceptors (Lipinski definition) is 2. The Hall–Kier alpha value is -1.75. The summed E-state index contributed by atoms with van der Waals surface area (Å²) < 4.78 is 28.1. The van der Waals surface area contributed by atoms with Gasteiger partial charge in [-0.25, -0.2) is 13.8 Å². The van der Waals surface area contributed by atoms with E-state index in [0.29, 0.717) is 24.2 Å². The van der Waals surface area contributed by atoms with Gasteiger partial charge >= 0.3 is 0 Å². The summed E-state index contributed by atoms with van der Waals surface area (Å²) in [4.78, 5) is 4.39. The first-order valence-corrected chi connectivity index (χ1v) is 5.72. The van der Waals surface area contributed by atoms with E-state index in [0.717, 1.165) is 23.7 Å². The molecule has 0 aliphatic heterocycles. The Morgan fingerprint density at radius 3 is 2.61 bits per heavy atom. The highest BCUT2D eigenvalue weighted by Gasteiger charge is 2.14. The van der Waals surface area contributed by atoms with Gasteiger partial charge in [-0.15, -0.1) is 0 Å². The molecule has 18 heavy (non-hydrogen) atoms. The van der Waals surface area contributed by atoms with Crippen molar-refractivity contribution in [3.63, 3.8) is 0 Å². The molecule has 2 rings (SSSR count). The third kappa shape index (κ3) is 2.13. The van der Waals surface area contributed by atoms with Crippen LogP contribution in [0.1, 0.15) is 11.5 Å². The van der Waals surface area contributed by atoms with E-state index in [2.05, 4.69) is 4.98 Å². The number of halogens is 2. The summed E-state index contributed by atoms with van der Waals surface area (Å²) in [5.74, 6) is -0.903. The van der Waals surface area contributed by atoms with Crippen LogP contribution in [0.25, 0.3) is 11.3 Å². The zero-order chi connectivity index (χ0) is 13.3. The molecule has 0 aliphatic rings. The molecule has 2 N–H and O–H groups in total. The van der Waals surface area contributed by atoms with Gasteiger partial charge in [-0.2, -0.15) is 0 Å². The Bertz CT molecular complexity index is 576. The van der Waals surface area contributed by atoms with Gasteiger partial charge in [-0.05, 0) is 31.7 Å². The zero-order valence-corrected chi connectivity index (χ0v) is 10.4. The summed E-state index contributed by atoms with van der Waals surface area (Å²) in [6.45, 7) is 2.35. The van der Waals surface area contributed by atoms with E-state index in [4.69, 9.17) is 5.73 Å². The van der Waals surface area contributed by atoms with Crippen LogP contribution < -0.4 is 5.73 Å². The molecule has 0 unspecified atom stereocenters. The average molecular weight is 251 g/mol. The monoisotopic (exact) mass is 251 g/mol. The third-order valence-electron chi connectivity index (χ3n) is 3.01. The molecule has 0 saturated heterocycles. The minimum absolute atomic E-state index is 0.482. The maximum atomic E-state index is 13.3. The number of rotatable bonds is 3. The smallest absolute Gasteiger partial charge is 0.159 e. The molecule has 5 heteroatoms. The van der Waals surface area contributed by atoms with E-state index < -0.39 is 11.6 Å². The first-order chi connectivity index (χ1) is 8.54. The molecule has 1 aromatic heterocycles. The Balaban J connectivity index is 2.55. The molecule has 0 amide bonds. The summed E-state index contributed by atoms with van der Waals surface area (Å²) in [6.07, 6.45) is 0.645. The number of nitrogens with two attached hydrogens (primary N) is 1. The van der Waals surface area contributed by atoms with Crippen molar-refractivity contribution >= 4 is 0 Å². The molecular formula is C13H15F2N3. The highest BCUT2D eigenvalue weighted by Crippen LogP contribution is 2.25. The predicted octanol–water partition coefficient (Wildman–Crippen LogP) is 2.17. The van der Waals surface area contributed by atoms with Crippen LogP contribution in [0.3, 0.4) is 0 Å². The van der Waals surface area contributed by atoms with Crippen molar-refractivity contribution in [3.8, 4) is 11.3 Å². The molecule has 0 spiro atoms. The lowest BCUT2D eigenvalue weighted by Gasteiger charge is -2.05. The zero-order valence-electron chi connectivity index (χ0n) is 10.4. The van der Waals surface area contributed by atoms with Crippen LogP contribution in [0, 0.1) is 18.6 Å². The van der Waals surface area contributed by atoms with Crippen LogP contribution in [0.5, 0.6) is 0 Å². The van der Waals surface area contributed by atoms with Crippen LogP contribution in [0.4, 0.5) is 8.78 Å². The molecule has 0 fully saturated rings. The van der Waals surface area contributed by atoms with Gasteiger partial charge in [0.25, 0.3) is 0 Å². The number of hydrogen-bond donors (Lipinski definition) is 1. The molecule has 0 saturated carbocycles. The Labute approximate surface area is 104 Å². The topological polar surface area (TPSA) is 43.8 Å². The first-order valence-electron chi connectivity index (χ1n) is 5.72. The minimum Gasteiger partial charge on any atom is -0.335 e. The lowest BCUT2D eigenvalue weighted by atomic mass is 10.1. The van der Waals surface area contributed by atoms with Crippen LogP contribution in [0.15, 0.2) is 18.2 Å². The second-order valence-corrected chi connectivity index (χ2v) is 4.18. The van der Waals surface area contributed by atoms with E-state index >= 15 is 0 Å². The predicted molar refractivity (Wildman–Crippen MR) is 66.1 cm³/mol. The first kappa shape index (κ1) is 12.7. The molecule has 1 heterocycles. The normalized spacial score (nSPS) is 10.9. The largest absolute Gasteiger partial charge is 0.335 e. The Morgan fingerprint density at radius 2 is 2.00 bits per heavy atom. The van der Waals surface area contributed by atoms with Crippen molar-refractivity contribution in [2.45, 2.75) is 13.3 Å². The maximum absolute atomic E-state index is 13.3. The fourth-order valence-electron chi connectivity index (χ4n) is 1.95. The number of benzene rings is 1. The molecule has 3 nitrogen and oxygen atoms in total. The quantitative estimate of drug-likeness (QED) is 0.908. The molecule has 1 aromatic carbocycles. The number of aryl methyl sites for hydroxylation is 1. The average Bonchev–Trinajstić information content (AvgIpc) is 2.61. The maximum Gasteiger partial charge on any atom is 0.159 e. The van der Waals surface area contributed by atoms with Gasteiger partial charge in [-0.1, -0.05) is 0 Å². The van der Waals surface area contributed by atoms with Crippen LogP contribution in [-0.4, -0.2) is 16.1 Å². The van der Waals surface area contributed by atoms with E-state index in [9.17, 15) is 8.78 Å². The fourth-order valence-corrected chi connectivity index (χ4v) is 1.95. The van der Waals surface area contributed by atoms with Gasteiger partial charge in [0.1, 0.15) is 5.82 Å². The van der Waals surface area contributed by atoms with Crippen molar-refractivity contribution in [3.05, 3.63) is 41.4 Å². The van der Waals surface area contributed by atoms with Crippen molar-refractivity contribution in [2.24, 2.45) is 12.8 Å². The number of imidazole rings is 1. The highest BCUT2D eigenvalue weighted by molar-refractivity contribution is 5.62. The molecule has 0 aliphatic carbocycles. The Morgan fingerprint density at radius 1 is 1.28 bits per heavy atom. The lowest BCUT2D eigenvalue weighted by Crippen LogP contribution is -2.08. The number of aromatic nitrogens is 2. The second-order valence-electron chi connectivity index (χ2n) is 4.18. The minimum atomic E-state index is -0.866. The van der Waals surface area contributed by atoms with E-state index in [1.54, 1.807) is 0 Å². The molecule has 2 aromatic rings. The van der Waals surface area contributed by atoms with Crippen molar-refractivity contribution in [1.29, 1.82) is 0 Å². The molecule has 0 bridgehead atoms. The SMILES string of the molecule is Cc1nc(-c2ccc(F)c(F)c2)c(CCN)n1C. The van der Waals surface area contributed by atoms with Gasteiger partial charge in [0.15, 0.2) is 11.6 Å². The van der Waals surface area contributed by atoms with Gasteiger partial charge in [0, 0.05) is 24.7 Å². The fraction of sp³-hybridized carbons (Fsp3) is 0.308. The summed E-state index contributed by atoms with van der Waals surface area (Å²) in [7, 11) is 1.89. The highest BCUT2D eigenvalue weighted by atomic mass is 19.2. The molecule has 96 valence electrons. The van der Waals surface area contributed by atoms with Gasteiger partial charge in [-0.3, -0.25) is 0 Å². The van der Waals surface area contributed by atoms with Gasteiger partial charge in [0.05, 0.1) is 5.69 Å². The van der Waals surface area contributed by atoms with Crippen molar-refractivity contribution in [1.82, 2.24) is 9.55 Å².